The van der Waals surface area contributed by atoms with Crippen molar-refractivity contribution in [3.05, 3.63) is 110 Å². The molecule has 0 aliphatic rings. The number of anilines is 2. The van der Waals surface area contributed by atoms with Gasteiger partial charge in [-0.15, -0.1) is 0 Å². The van der Waals surface area contributed by atoms with Crippen LogP contribution >= 0.6 is 11.6 Å². The molecule has 0 fully saturated rings. The van der Waals surface area contributed by atoms with Gasteiger partial charge in [0.05, 0.1) is 35.0 Å². The van der Waals surface area contributed by atoms with Crippen LogP contribution in [0.25, 0.3) is 22.3 Å². The standard InChI is InChI=1S/C27H20ClF3N10O2/c1-38-6-4-21(36-38)20-3-5-32-24(33-20)13-41-26(42)35-25(34-23-8-15-11-39(2)37-22(15)9-16(23)28)40(27(41)43)12-14-7-18(30)19(31)10-17(14)29/h3-11H,12-13H2,1-2H3,(H,34,35,42). The molecule has 218 valence electrons. The Morgan fingerprint density at radius 3 is 2.42 bits per heavy atom. The minimum Gasteiger partial charge on any atom is -0.324 e. The molecule has 0 atom stereocenters. The molecule has 4 aromatic heterocycles. The Labute approximate surface area is 244 Å². The van der Waals surface area contributed by atoms with Gasteiger partial charge in [-0.3, -0.25) is 13.9 Å². The predicted molar refractivity (Wildman–Crippen MR) is 151 cm³/mol. The van der Waals surface area contributed by atoms with Crippen LogP contribution in [-0.2, 0) is 27.2 Å². The van der Waals surface area contributed by atoms with E-state index in [0.717, 1.165) is 9.13 Å². The number of halogens is 4. The smallest absolute Gasteiger partial charge is 0.324 e. The molecule has 0 radical (unpaired) electrons. The molecule has 2 aromatic carbocycles. The number of benzene rings is 2. The summed E-state index contributed by atoms with van der Waals surface area (Å²) in [7, 11) is 3.47. The molecular formula is C27H20ClF3N10O2. The Kier molecular flexibility index (Phi) is 7.01. The van der Waals surface area contributed by atoms with Crippen molar-refractivity contribution in [1.29, 1.82) is 0 Å². The summed E-state index contributed by atoms with van der Waals surface area (Å²) in [6.45, 7) is -1.01. The molecule has 0 amide bonds. The number of nitrogens with one attached hydrogen (secondary N) is 1. The van der Waals surface area contributed by atoms with E-state index in [2.05, 4.69) is 30.5 Å². The molecule has 6 aromatic rings. The zero-order valence-corrected chi connectivity index (χ0v) is 23.2. The van der Waals surface area contributed by atoms with Gasteiger partial charge in [0.2, 0.25) is 5.95 Å². The fraction of sp³-hybridized carbons (Fsp3) is 0.148. The van der Waals surface area contributed by atoms with E-state index >= 15 is 0 Å². The lowest BCUT2D eigenvalue weighted by Crippen LogP contribution is -2.43. The van der Waals surface area contributed by atoms with E-state index in [4.69, 9.17) is 11.6 Å². The molecule has 6 rings (SSSR count). The van der Waals surface area contributed by atoms with Gasteiger partial charge >= 0.3 is 11.4 Å². The highest BCUT2D eigenvalue weighted by atomic mass is 35.5. The van der Waals surface area contributed by atoms with E-state index in [1.54, 1.807) is 60.1 Å². The first-order valence-electron chi connectivity index (χ1n) is 12.6. The number of nitrogens with zero attached hydrogens (tertiary/aromatic N) is 9. The summed E-state index contributed by atoms with van der Waals surface area (Å²) in [6.07, 6.45) is 4.91. The van der Waals surface area contributed by atoms with E-state index in [0.29, 0.717) is 34.4 Å². The van der Waals surface area contributed by atoms with Crippen LogP contribution in [-0.4, -0.2) is 43.6 Å². The number of aromatic nitrogens is 9. The van der Waals surface area contributed by atoms with Crippen LogP contribution in [0.1, 0.15) is 11.4 Å². The molecule has 1 N–H and O–H groups in total. The highest BCUT2D eigenvalue weighted by Crippen LogP contribution is 2.29. The summed E-state index contributed by atoms with van der Waals surface area (Å²) in [6, 6.07) is 7.55. The van der Waals surface area contributed by atoms with Crippen molar-refractivity contribution in [3.8, 4) is 11.4 Å². The number of fused-ring (bicyclic) bond motifs is 1. The van der Waals surface area contributed by atoms with Crippen LogP contribution in [0.5, 0.6) is 0 Å². The van der Waals surface area contributed by atoms with Crippen molar-refractivity contribution in [2.75, 3.05) is 5.32 Å². The average molecular weight is 609 g/mol. The quantitative estimate of drug-likeness (QED) is 0.273. The Hall–Kier alpha value is -5.31. The van der Waals surface area contributed by atoms with Crippen molar-refractivity contribution >= 4 is 34.1 Å². The lowest BCUT2D eigenvalue weighted by Gasteiger charge is -2.16. The normalized spacial score (nSPS) is 11.4. The Morgan fingerprint density at radius 2 is 1.65 bits per heavy atom. The van der Waals surface area contributed by atoms with Gasteiger partial charge < -0.3 is 5.32 Å². The van der Waals surface area contributed by atoms with Crippen molar-refractivity contribution in [3.63, 3.8) is 0 Å². The number of aryl methyl sites for hydroxylation is 2. The van der Waals surface area contributed by atoms with E-state index in [1.807, 2.05) is 0 Å². The molecule has 43 heavy (non-hydrogen) atoms. The van der Waals surface area contributed by atoms with Gasteiger partial charge in [0.1, 0.15) is 17.3 Å². The van der Waals surface area contributed by atoms with Crippen LogP contribution in [0.4, 0.5) is 24.8 Å². The van der Waals surface area contributed by atoms with Gasteiger partial charge in [-0.1, -0.05) is 11.6 Å². The molecule has 4 heterocycles. The third-order valence-corrected chi connectivity index (χ3v) is 6.82. The van der Waals surface area contributed by atoms with E-state index in [9.17, 15) is 22.8 Å². The average Bonchev–Trinajstić information content (AvgIpc) is 3.56. The van der Waals surface area contributed by atoms with Crippen LogP contribution in [0.15, 0.2) is 64.6 Å². The number of hydrogen-bond acceptors (Lipinski definition) is 8. The van der Waals surface area contributed by atoms with E-state index < -0.39 is 41.9 Å². The van der Waals surface area contributed by atoms with Crippen LogP contribution in [0, 0.1) is 17.5 Å². The van der Waals surface area contributed by atoms with E-state index in [-0.39, 0.29) is 28.0 Å². The lowest BCUT2D eigenvalue weighted by atomic mass is 10.2. The monoisotopic (exact) mass is 608 g/mol. The van der Waals surface area contributed by atoms with Crippen molar-refractivity contribution < 1.29 is 13.2 Å². The van der Waals surface area contributed by atoms with Gasteiger partial charge in [0, 0.05) is 49.7 Å². The molecule has 0 aliphatic carbocycles. The highest BCUT2D eigenvalue weighted by molar-refractivity contribution is 6.34. The zero-order valence-electron chi connectivity index (χ0n) is 22.5. The Morgan fingerprint density at radius 1 is 0.860 bits per heavy atom. The third-order valence-electron chi connectivity index (χ3n) is 6.50. The maximum atomic E-state index is 14.7. The molecule has 0 unspecified atom stereocenters. The minimum absolute atomic E-state index is 0.0977. The van der Waals surface area contributed by atoms with Crippen molar-refractivity contribution in [2.24, 2.45) is 14.1 Å². The minimum atomic E-state index is -1.39. The topological polar surface area (TPSA) is 130 Å². The maximum Gasteiger partial charge on any atom is 0.355 e. The largest absolute Gasteiger partial charge is 0.355 e. The first kappa shape index (κ1) is 27.8. The predicted octanol–water partition coefficient (Wildman–Crippen LogP) is 3.39. The van der Waals surface area contributed by atoms with Crippen molar-refractivity contribution in [2.45, 2.75) is 13.1 Å². The maximum absolute atomic E-state index is 14.7. The second-order valence-corrected chi connectivity index (χ2v) is 9.99. The van der Waals surface area contributed by atoms with Gasteiger partial charge in [-0.05, 0) is 30.3 Å². The zero-order chi connectivity index (χ0) is 30.4. The second kappa shape index (κ2) is 10.8. The van der Waals surface area contributed by atoms with Crippen molar-refractivity contribution in [1.82, 2.24) is 43.6 Å². The summed E-state index contributed by atoms with van der Waals surface area (Å²) in [5.41, 5.74) is -0.428. The van der Waals surface area contributed by atoms with Gasteiger partial charge in [-0.25, -0.2) is 37.3 Å². The first-order chi connectivity index (χ1) is 20.5. The summed E-state index contributed by atoms with van der Waals surface area (Å²) >= 11 is 6.44. The van der Waals surface area contributed by atoms with Crippen LogP contribution < -0.4 is 16.7 Å². The first-order valence-corrected chi connectivity index (χ1v) is 13.0. The molecule has 0 aliphatic heterocycles. The molecule has 0 saturated heterocycles. The van der Waals surface area contributed by atoms with Gasteiger partial charge in [-0.2, -0.15) is 15.2 Å². The fourth-order valence-corrected chi connectivity index (χ4v) is 4.66. The van der Waals surface area contributed by atoms with Gasteiger partial charge in [0.15, 0.2) is 11.6 Å². The fourth-order valence-electron chi connectivity index (χ4n) is 4.45. The number of rotatable bonds is 7. The molecular weight excluding hydrogens is 589 g/mol. The van der Waals surface area contributed by atoms with E-state index in [1.165, 1.54) is 6.20 Å². The van der Waals surface area contributed by atoms with Crippen LogP contribution in [0.3, 0.4) is 0 Å². The summed E-state index contributed by atoms with van der Waals surface area (Å²) in [5, 5.41) is 12.3. The summed E-state index contributed by atoms with van der Waals surface area (Å²) in [4.78, 5) is 39.5. The summed E-state index contributed by atoms with van der Waals surface area (Å²) in [5.74, 6) is -4.03. The molecule has 0 bridgehead atoms. The Bertz CT molecular complexity index is 2150. The van der Waals surface area contributed by atoms with Crippen LogP contribution in [0.2, 0.25) is 5.02 Å². The summed E-state index contributed by atoms with van der Waals surface area (Å²) < 4.78 is 47.2. The molecule has 0 saturated carbocycles. The lowest BCUT2D eigenvalue weighted by molar-refractivity contribution is 0.485. The highest BCUT2D eigenvalue weighted by Gasteiger charge is 2.20. The second-order valence-electron chi connectivity index (χ2n) is 9.58. The Balaban J connectivity index is 1.45. The molecule has 12 nitrogen and oxygen atoms in total. The number of hydrogen-bond donors (Lipinski definition) is 1. The molecule has 16 heteroatoms. The SMILES string of the molecule is Cn1ccc(-c2ccnc(Cn3c(=O)nc(Nc4cc5cn(C)nc5cc4Cl)n(Cc4cc(F)c(F)cc4F)c3=O)n2)n1. The van der Waals surface area contributed by atoms with Gasteiger partial charge in [0.25, 0.3) is 0 Å². The third kappa shape index (κ3) is 5.49. The molecule has 0 spiro atoms.